The number of benzene rings is 3. The van der Waals surface area contributed by atoms with Crippen molar-refractivity contribution < 1.29 is 9.59 Å². The lowest BCUT2D eigenvalue weighted by atomic mass is 10.1. The summed E-state index contributed by atoms with van der Waals surface area (Å²) < 4.78 is 0. The summed E-state index contributed by atoms with van der Waals surface area (Å²) in [4.78, 5) is 24.4. The Balaban J connectivity index is 1.52. The minimum Gasteiger partial charge on any atom is -0.326 e. The van der Waals surface area contributed by atoms with Crippen molar-refractivity contribution in [2.45, 2.75) is 19.3 Å². The first kappa shape index (κ1) is 19.6. The van der Waals surface area contributed by atoms with Crippen molar-refractivity contribution in [3.8, 4) is 0 Å². The quantitative estimate of drug-likeness (QED) is 0.588. The van der Waals surface area contributed by atoms with E-state index in [2.05, 4.69) is 10.6 Å². The molecule has 0 aromatic heterocycles. The molecule has 0 fully saturated rings. The number of hydrogen-bond acceptors (Lipinski definition) is 2. The molecule has 0 heterocycles. The van der Waals surface area contributed by atoms with Gasteiger partial charge in [-0.25, -0.2) is 0 Å². The van der Waals surface area contributed by atoms with Gasteiger partial charge in [-0.1, -0.05) is 60.1 Å². The van der Waals surface area contributed by atoms with Gasteiger partial charge in [-0.2, -0.15) is 0 Å². The van der Waals surface area contributed by atoms with E-state index in [1.54, 1.807) is 36.4 Å². The van der Waals surface area contributed by atoms with E-state index in [1.165, 1.54) is 0 Å². The van der Waals surface area contributed by atoms with Crippen LogP contribution in [0.1, 0.15) is 17.5 Å². The predicted octanol–water partition coefficient (Wildman–Crippen LogP) is 5.09. The molecular weight excluding hydrogens is 372 g/mol. The molecule has 142 valence electrons. The lowest BCUT2D eigenvalue weighted by Crippen LogP contribution is -2.15. The molecule has 28 heavy (non-hydrogen) atoms. The molecule has 2 amide bonds. The second kappa shape index (κ2) is 9.72. The first-order valence-corrected chi connectivity index (χ1v) is 9.44. The third-order valence-electron chi connectivity index (χ3n) is 4.19. The Bertz CT molecular complexity index is 940. The van der Waals surface area contributed by atoms with Gasteiger partial charge in [0.2, 0.25) is 11.8 Å². The van der Waals surface area contributed by atoms with E-state index >= 15 is 0 Å². The van der Waals surface area contributed by atoms with Crippen molar-refractivity contribution in [2.75, 3.05) is 10.6 Å². The Morgan fingerprint density at radius 3 is 2.04 bits per heavy atom. The molecule has 0 bridgehead atoms. The maximum Gasteiger partial charge on any atom is 0.228 e. The van der Waals surface area contributed by atoms with Gasteiger partial charge in [-0.3, -0.25) is 9.59 Å². The largest absolute Gasteiger partial charge is 0.326 e. The van der Waals surface area contributed by atoms with Gasteiger partial charge in [-0.05, 0) is 47.9 Å². The number of amides is 2. The smallest absolute Gasteiger partial charge is 0.228 e. The average molecular weight is 393 g/mol. The number of rotatable bonds is 7. The normalized spacial score (nSPS) is 10.3. The summed E-state index contributed by atoms with van der Waals surface area (Å²) in [5, 5.41) is 6.37. The number of halogens is 1. The van der Waals surface area contributed by atoms with Crippen molar-refractivity contribution in [1.29, 1.82) is 0 Å². The van der Waals surface area contributed by atoms with Crippen LogP contribution in [0.2, 0.25) is 5.02 Å². The molecule has 0 saturated heterocycles. The van der Waals surface area contributed by atoms with Crippen LogP contribution in [0.25, 0.3) is 0 Å². The van der Waals surface area contributed by atoms with Gasteiger partial charge in [0.25, 0.3) is 0 Å². The first-order valence-electron chi connectivity index (χ1n) is 9.06. The molecule has 0 aliphatic heterocycles. The number of nitrogens with one attached hydrogen (secondary N) is 2. The fraction of sp³-hybridized carbons (Fsp3) is 0.130. The van der Waals surface area contributed by atoms with E-state index in [4.69, 9.17) is 11.6 Å². The minimum absolute atomic E-state index is 0.0616. The monoisotopic (exact) mass is 392 g/mol. The predicted molar refractivity (Wildman–Crippen MR) is 114 cm³/mol. The number of carbonyl (C=O) groups is 2. The summed E-state index contributed by atoms with van der Waals surface area (Å²) in [5.74, 6) is -0.191. The first-order chi connectivity index (χ1) is 13.6. The van der Waals surface area contributed by atoms with Crippen molar-refractivity contribution in [3.63, 3.8) is 0 Å². The van der Waals surface area contributed by atoms with Gasteiger partial charge in [0.05, 0.1) is 6.42 Å². The average Bonchev–Trinajstić information content (AvgIpc) is 2.69. The molecule has 0 saturated carbocycles. The van der Waals surface area contributed by atoms with E-state index in [0.717, 1.165) is 11.1 Å². The summed E-state index contributed by atoms with van der Waals surface area (Å²) in [7, 11) is 0. The Labute approximate surface area is 169 Å². The molecule has 0 spiro atoms. The second-order valence-corrected chi connectivity index (χ2v) is 6.90. The molecule has 3 rings (SSSR count). The summed E-state index contributed by atoms with van der Waals surface area (Å²) >= 11 is 5.86. The zero-order valence-electron chi connectivity index (χ0n) is 15.3. The Kier molecular flexibility index (Phi) is 6.82. The van der Waals surface area contributed by atoms with Crippen LogP contribution in [0.5, 0.6) is 0 Å². The van der Waals surface area contributed by atoms with Crippen LogP contribution in [-0.4, -0.2) is 11.8 Å². The van der Waals surface area contributed by atoms with E-state index in [-0.39, 0.29) is 18.2 Å². The summed E-state index contributed by atoms with van der Waals surface area (Å²) in [6.07, 6.45) is 1.34. The van der Waals surface area contributed by atoms with Crippen LogP contribution in [0.15, 0.2) is 78.9 Å². The van der Waals surface area contributed by atoms with Crippen molar-refractivity contribution in [2.24, 2.45) is 0 Å². The van der Waals surface area contributed by atoms with E-state index in [9.17, 15) is 9.59 Å². The highest BCUT2D eigenvalue weighted by molar-refractivity contribution is 6.30. The molecule has 4 nitrogen and oxygen atoms in total. The van der Waals surface area contributed by atoms with Gasteiger partial charge in [-0.15, -0.1) is 0 Å². The molecule has 0 atom stereocenters. The highest BCUT2D eigenvalue weighted by Gasteiger charge is 2.07. The third kappa shape index (κ3) is 6.25. The topological polar surface area (TPSA) is 58.2 Å². The maximum absolute atomic E-state index is 12.2. The van der Waals surface area contributed by atoms with Gasteiger partial charge in [0, 0.05) is 22.8 Å². The van der Waals surface area contributed by atoms with Gasteiger partial charge in [0.1, 0.15) is 0 Å². The zero-order valence-corrected chi connectivity index (χ0v) is 16.1. The Morgan fingerprint density at radius 1 is 0.714 bits per heavy atom. The molecule has 2 N–H and O–H groups in total. The highest BCUT2D eigenvalue weighted by Crippen LogP contribution is 2.17. The van der Waals surface area contributed by atoms with Crippen LogP contribution in [-0.2, 0) is 22.4 Å². The summed E-state index contributed by atoms with van der Waals surface area (Å²) in [6.45, 7) is 0. The fourth-order valence-corrected chi connectivity index (χ4v) is 2.92. The van der Waals surface area contributed by atoms with Crippen molar-refractivity contribution >= 4 is 34.8 Å². The van der Waals surface area contributed by atoms with E-state index in [1.807, 2.05) is 42.5 Å². The lowest BCUT2D eigenvalue weighted by molar-refractivity contribution is -0.116. The number of aryl methyl sites for hydroxylation is 1. The van der Waals surface area contributed by atoms with Crippen LogP contribution < -0.4 is 10.6 Å². The third-order valence-corrected chi connectivity index (χ3v) is 4.44. The molecule has 5 heteroatoms. The second-order valence-electron chi connectivity index (χ2n) is 6.47. The number of anilines is 2. The number of carbonyl (C=O) groups excluding carboxylic acids is 2. The minimum atomic E-state index is -0.130. The molecular formula is C23H21ClN2O2. The molecule has 0 aliphatic carbocycles. The SMILES string of the molecule is O=C(CCc1ccccc1)Nc1cccc(NC(=O)Cc2ccc(Cl)cc2)c1. The Morgan fingerprint density at radius 2 is 1.36 bits per heavy atom. The summed E-state index contributed by atoms with van der Waals surface area (Å²) in [6, 6.07) is 24.2. The van der Waals surface area contributed by atoms with Crippen molar-refractivity contribution in [1.82, 2.24) is 0 Å². The van der Waals surface area contributed by atoms with Gasteiger partial charge >= 0.3 is 0 Å². The molecule has 3 aromatic rings. The van der Waals surface area contributed by atoms with Gasteiger partial charge in [0.15, 0.2) is 0 Å². The van der Waals surface area contributed by atoms with Crippen LogP contribution in [0.3, 0.4) is 0 Å². The maximum atomic E-state index is 12.2. The highest BCUT2D eigenvalue weighted by atomic mass is 35.5. The fourth-order valence-electron chi connectivity index (χ4n) is 2.79. The van der Waals surface area contributed by atoms with Crippen LogP contribution in [0, 0.1) is 0 Å². The van der Waals surface area contributed by atoms with E-state index in [0.29, 0.717) is 29.2 Å². The van der Waals surface area contributed by atoms with Gasteiger partial charge < -0.3 is 10.6 Å². The number of hydrogen-bond donors (Lipinski definition) is 2. The van der Waals surface area contributed by atoms with E-state index < -0.39 is 0 Å². The Hall–Kier alpha value is -3.11. The van der Waals surface area contributed by atoms with Crippen LogP contribution >= 0.6 is 11.6 Å². The molecule has 0 aliphatic rings. The molecule has 3 aromatic carbocycles. The lowest BCUT2D eigenvalue weighted by Gasteiger charge is -2.09. The zero-order chi connectivity index (χ0) is 19.8. The standard InChI is InChI=1S/C23H21ClN2O2/c24-19-12-9-18(10-13-19)15-23(28)26-21-8-4-7-20(16-21)25-22(27)14-11-17-5-2-1-3-6-17/h1-10,12-13,16H,11,14-15H2,(H,25,27)(H,26,28). The van der Waals surface area contributed by atoms with Crippen LogP contribution in [0.4, 0.5) is 11.4 Å². The summed E-state index contributed by atoms with van der Waals surface area (Å²) in [5.41, 5.74) is 3.30. The molecule has 0 radical (unpaired) electrons. The molecule has 0 unspecified atom stereocenters. The van der Waals surface area contributed by atoms with Crippen molar-refractivity contribution in [3.05, 3.63) is 95.0 Å².